The van der Waals surface area contributed by atoms with Crippen LogP contribution in [0.15, 0.2) is 243 Å². The third kappa shape index (κ3) is 80.3. The summed E-state index contributed by atoms with van der Waals surface area (Å²) in [6.07, 6.45) is 124. The van der Waals surface area contributed by atoms with Crippen molar-refractivity contribution in [1.82, 2.24) is 0 Å². The van der Waals surface area contributed by atoms with Gasteiger partial charge in [0.1, 0.15) is 13.2 Å². The van der Waals surface area contributed by atoms with Crippen LogP contribution in [0.2, 0.25) is 0 Å². The molecule has 0 saturated carbocycles. The topological polar surface area (TPSA) is 111 Å². The van der Waals surface area contributed by atoms with E-state index in [-0.39, 0.29) is 38.6 Å². The van der Waals surface area contributed by atoms with Crippen molar-refractivity contribution in [2.24, 2.45) is 0 Å². The Bertz CT molecular complexity index is 2570. The second-order valence-corrected chi connectivity index (χ2v) is 26.2. The number of aliphatic carboxylic acids is 1. The highest BCUT2D eigenvalue weighted by atomic mass is 16.7. The minimum absolute atomic E-state index is 0.130. The summed E-state index contributed by atoms with van der Waals surface area (Å²) in [4.78, 5) is 37.6. The number of ether oxygens (including phenoxy) is 4. The summed E-state index contributed by atoms with van der Waals surface area (Å²) in [5, 5.41) is 11.9. The monoisotopic (exact) mass is 1390 g/mol. The predicted molar refractivity (Wildman–Crippen MR) is 434 cm³/mol. The first-order valence-electron chi connectivity index (χ1n) is 39.2. The van der Waals surface area contributed by atoms with Crippen LogP contribution in [0.3, 0.4) is 0 Å². The van der Waals surface area contributed by atoms with E-state index in [9.17, 15) is 19.5 Å². The molecule has 0 aliphatic heterocycles. The number of carboxylic acid groups (broad SMARTS) is 1. The first kappa shape index (κ1) is 94.1. The Labute approximate surface area is 618 Å². The minimum atomic E-state index is -1.65. The van der Waals surface area contributed by atoms with Gasteiger partial charge in [0.05, 0.1) is 40.3 Å². The van der Waals surface area contributed by atoms with Gasteiger partial charge < -0.3 is 33.3 Å². The first-order chi connectivity index (χ1) is 49.6. The molecule has 101 heavy (non-hydrogen) atoms. The van der Waals surface area contributed by atoms with Crippen LogP contribution < -0.4 is 5.11 Å². The van der Waals surface area contributed by atoms with Crippen LogP contribution in [-0.4, -0.2) is 82.3 Å². The van der Waals surface area contributed by atoms with E-state index in [1.54, 1.807) is 0 Å². The van der Waals surface area contributed by atoms with E-state index in [4.69, 9.17) is 18.9 Å². The maximum absolute atomic E-state index is 13.0. The van der Waals surface area contributed by atoms with Crippen LogP contribution >= 0.6 is 0 Å². The lowest BCUT2D eigenvalue weighted by Crippen LogP contribution is -2.44. The largest absolute Gasteiger partial charge is 0.545 e. The van der Waals surface area contributed by atoms with Gasteiger partial charge in [0.15, 0.2) is 12.4 Å². The highest BCUT2D eigenvalue weighted by Crippen LogP contribution is 2.15. The average Bonchev–Trinajstić information content (AvgIpc) is 1.21. The number of carboxylic acids is 1. The van der Waals surface area contributed by atoms with Gasteiger partial charge in [-0.3, -0.25) is 9.59 Å². The molecule has 0 aliphatic rings. The molecule has 0 aromatic carbocycles. The van der Waals surface area contributed by atoms with Crippen LogP contribution in [0.5, 0.6) is 0 Å². The van der Waals surface area contributed by atoms with Crippen molar-refractivity contribution in [1.29, 1.82) is 0 Å². The van der Waals surface area contributed by atoms with Crippen molar-refractivity contribution in [3.63, 3.8) is 0 Å². The van der Waals surface area contributed by atoms with Crippen molar-refractivity contribution in [2.45, 2.75) is 270 Å². The second kappa shape index (κ2) is 78.8. The molecule has 0 fully saturated rings. The average molecular weight is 1390 g/mol. The third-order valence-corrected chi connectivity index (χ3v) is 15.6. The number of carbonyl (C=O) groups excluding carboxylic acids is 3. The maximum Gasteiger partial charge on any atom is 0.306 e. The number of allylic oxidation sites excluding steroid dienone is 40. The van der Waals surface area contributed by atoms with Crippen LogP contribution in [0.25, 0.3) is 0 Å². The van der Waals surface area contributed by atoms with Crippen LogP contribution in [0, 0.1) is 0 Å². The summed E-state index contributed by atoms with van der Waals surface area (Å²) < 4.78 is 22.8. The van der Waals surface area contributed by atoms with Crippen molar-refractivity contribution in [3.05, 3.63) is 243 Å². The molecule has 0 heterocycles. The Balaban J connectivity index is 4.23. The Morgan fingerprint density at radius 2 is 0.535 bits per heavy atom. The number of unbranched alkanes of at least 4 members (excludes halogenated alkanes) is 14. The Morgan fingerprint density at radius 1 is 0.297 bits per heavy atom. The normalized spacial score (nSPS) is 14.0. The van der Waals surface area contributed by atoms with Gasteiger partial charge in [0.25, 0.3) is 0 Å². The zero-order valence-electron chi connectivity index (χ0n) is 64.2. The van der Waals surface area contributed by atoms with E-state index in [2.05, 4.69) is 257 Å². The maximum atomic E-state index is 13.0. The SMILES string of the molecule is CC/C=C\C/C=C\C/C=C\C/C=C\C/C=C\C/C=C\C/C=C\C/C=C\C/C=C\C/C=C\CCCCCCCCCCC(=O)OC(COC(=O)CCCCCCCC/C=C\C/C=C\C/C=C\C/C=C\C/C=C\C/C=C\C/C=C\C/C=C\C/C=C\C/C=C\CC)COC(OCC[N+](C)(C)C)C(=O)[O-]. The highest BCUT2D eigenvalue weighted by molar-refractivity contribution is 5.70. The molecule has 562 valence electrons. The molecule has 0 N–H and O–H groups in total. The van der Waals surface area contributed by atoms with Crippen molar-refractivity contribution in [2.75, 3.05) is 47.5 Å². The molecule has 2 unspecified atom stereocenters. The molecule has 0 aromatic rings. The second-order valence-electron chi connectivity index (χ2n) is 26.2. The Hall–Kier alpha value is -6.91. The third-order valence-electron chi connectivity index (χ3n) is 15.6. The Kier molecular flexibility index (Phi) is 73.4. The summed E-state index contributed by atoms with van der Waals surface area (Å²) in [7, 11) is 5.91. The fourth-order valence-electron chi connectivity index (χ4n) is 9.71. The molecule has 9 nitrogen and oxygen atoms in total. The highest BCUT2D eigenvalue weighted by Gasteiger charge is 2.22. The summed E-state index contributed by atoms with van der Waals surface area (Å²) >= 11 is 0. The number of nitrogens with zero attached hydrogens (tertiary/aromatic N) is 1. The van der Waals surface area contributed by atoms with Gasteiger partial charge >= 0.3 is 11.9 Å². The van der Waals surface area contributed by atoms with Crippen LogP contribution in [0.1, 0.15) is 258 Å². The van der Waals surface area contributed by atoms with Gasteiger partial charge in [-0.15, -0.1) is 0 Å². The van der Waals surface area contributed by atoms with Crippen molar-refractivity contribution in [3.8, 4) is 0 Å². The van der Waals surface area contributed by atoms with E-state index >= 15 is 0 Å². The predicted octanol–water partition coefficient (Wildman–Crippen LogP) is 24.2. The quantitative estimate of drug-likeness (QED) is 0.0195. The molecule has 0 spiro atoms. The molecule has 0 radical (unpaired) electrons. The van der Waals surface area contributed by atoms with Crippen molar-refractivity contribution >= 4 is 17.9 Å². The van der Waals surface area contributed by atoms with Gasteiger partial charge in [0, 0.05) is 12.8 Å². The number of hydrogen-bond acceptors (Lipinski definition) is 8. The van der Waals surface area contributed by atoms with Gasteiger partial charge in [-0.2, -0.15) is 0 Å². The summed E-state index contributed by atoms with van der Waals surface area (Å²) in [6.45, 7) is 4.46. The molecule has 0 aliphatic carbocycles. The Morgan fingerprint density at radius 3 is 0.792 bits per heavy atom. The summed E-state index contributed by atoms with van der Waals surface area (Å²) in [6, 6.07) is 0. The van der Waals surface area contributed by atoms with Gasteiger partial charge in [0.2, 0.25) is 0 Å². The molecule has 2 atom stereocenters. The molecule has 0 amide bonds. The molecular weight excluding hydrogens is 1250 g/mol. The van der Waals surface area contributed by atoms with E-state index in [1.165, 1.54) is 25.7 Å². The molecule has 0 bridgehead atoms. The fourth-order valence-corrected chi connectivity index (χ4v) is 9.71. The van der Waals surface area contributed by atoms with E-state index in [1.807, 2.05) is 21.1 Å². The zero-order valence-corrected chi connectivity index (χ0v) is 64.2. The minimum Gasteiger partial charge on any atom is -0.545 e. The number of esters is 2. The van der Waals surface area contributed by atoms with Crippen LogP contribution in [0.4, 0.5) is 0 Å². The number of rotatable bonds is 69. The molecule has 9 heteroatoms. The standard InChI is InChI=1S/C92H141NO8/c1-6-8-10-12-14-16-18-20-22-24-26-28-30-32-34-36-38-40-42-44-45-47-49-51-53-55-57-59-61-63-65-67-69-71-73-75-77-79-81-83-90(95)101-88(87-100-92(91(96)97)98-85-84-93(3,4)5)86-99-89(94)82-80-78-76-74-72-70-68-66-64-62-60-58-56-54-52-50-48-46-43-41-39-37-35-33-31-29-27-25-23-21-19-17-15-13-11-9-7-2/h8-11,14-17,20-23,26-29,32-35,38-41,44-46,48-49,51-52,54-55,57-58,60-61,63-64,66,88,92H,6-7,12-13,18-19,24-25,30-31,36-37,42-43,47,50,53,56,59,62,65,67-87H2,1-5H3/b10-8-,11-9-,16-14-,17-15-,22-20-,23-21-,28-26-,29-27-,34-32-,35-33-,40-38-,41-39-,45-44-,48-46-,51-49-,54-52-,57-55-,60-58-,63-61-,66-64-. The fraction of sp³-hybridized carbons (Fsp3) is 0.533. The van der Waals surface area contributed by atoms with E-state index in [0.717, 1.165) is 193 Å². The molecule has 0 rings (SSSR count). The lowest BCUT2D eigenvalue weighted by Gasteiger charge is -2.26. The van der Waals surface area contributed by atoms with Gasteiger partial charge in [-0.1, -0.05) is 321 Å². The number of quaternary nitrogens is 1. The van der Waals surface area contributed by atoms with Gasteiger partial charge in [-0.25, -0.2) is 0 Å². The van der Waals surface area contributed by atoms with E-state index < -0.39 is 24.3 Å². The first-order valence-corrected chi connectivity index (χ1v) is 39.2. The van der Waals surface area contributed by atoms with E-state index in [0.29, 0.717) is 23.9 Å². The molecule has 0 aromatic heterocycles. The number of likely N-dealkylation sites (N-methyl/N-ethyl adjacent to an activating group) is 1. The lowest BCUT2D eigenvalue weighted by molar-refractivity contribution is -0.870. The molecular formula is C92H141NO8. The summed E-state index contributed by atoms with van der Waals surface area (Å²) in [5.74, 6) is -2.34. The smallest absolute Gasteiger partial charge is 0.306 e. The lowest BCUT2D eigenvalue weighted by atomic mass is 10.1. The van der Waals surface area contributed by atoms with Crippen LogP contribution in [-0.2, 0) is 33.3 Å². The number of carbonyl (C=O) groups is 3. The summed E-state index contributed by atoms with van der Waals surface area (Å²) in [5.41, 5.74) is 0. The zero-order chi connectivity index (χ0) is 73.2. The van der Waals surface area contributed by atoms with Gasteiger partial charge in [-0.05, 0) is 167 Å². The number of hydrogen-bond donors (Lipinski definition) is 0. The molecule has 0 saturated heterocycles. The van der Waals surface area contributed by atoms with Crippen molar-refractivity contribution < 1.29 is 42.9 Å².